The summed E-state index contributed by atoms with van der Waals surface area (Å²) >= 11 is 0. The number of hydrogen-bond donors (Lipinski definition) is 0. The third-order valence-corrected chi connectivity index (χ3v) is 3.19. The molecule has 17 heavy (non-hydrogen) atoms. The number of likely N-dealkylation sites (tertiary alicyclic amines) is 1. The first-order chi connectivity index (χ1) is 7.75. The number of carbonyl (C=O) groups excluding carboxylic acids is 1. The molecule has 0 saturated carbocycles. The van der Waals surface area contributed by atoms with Gasteiger partial charge in [0, 0.05) is 5.56 Å². The van der Waals surface area contributed by atoms with E-state index in [-0.39, 0.29) is 18.2 Å². The van der Waals surface area contributed by atoms with E-state index in [2.05, 4.69) is 4.90 Å². The maximum Gasteiger partial charge on any atom is 0.176 e. The van der Waals surface area contributed by atoms with Crippen molar-refractivity contribution in [3.63, 3.8) is 0 Å². The number of rotatable bonds is 3. The van der Waals surface area contributed by atoms with E-state index in [9.17, 15) is 4.79 Å². The SMILES string of the molecule is Cc1ccc(C(=O)CN2CCCCC2)cc1.Cl. The van der Waals surface area contributed by atoms with Gasteiger partial charge in [-0.1, -0.05) is 36.2 Å². The molecule has 1 aromatic rings. The van der Waals surface area contributed by atoms with Crippen molar-refractivity contribution < 1.29 is 4.79 Å². The Hall–Kier alpha value is -0.860. The van der Waals surface area contributed by atoms with E-state index in [0.717, 1.165) is 18.7 Å². The summed E-state index contributed by atoms with van der Waals surface area (Å²) in [6, 6.07) is 7.87. The lowest BCUT2D eigenvalue weighted by Crippen LogP contribution is -2.34. The van der Waals surface area contributed by atoms with Crippen LogP contribution >= 0.6 is 12.4 Å². The first-order valence-corrected chi connectivity index (χ1v) is 6.08. The Labute approximate surface area is 109 Å². The standard InChI is InChI=1S/C14H19NO.ClH/c1-12-5-7-13(8-6-12)14(16)11-15-9-3-2-4-10-15;/h5-8H,2-4,9-11H2,1H3;1H. The summed E-state index contributed by atoms with van der Waals surface area (Å²) in [5, 5.41) is 0. The van der Waals surface area contributed by atoms with Gasteiger partial charge >= 0.3 is 0 Å². The Bertz CT molecular complexity index is 355. The minimum Gasteiger partial charge on any atom is -0.296 e. The number of ketones is 1. The molecule has 0 amide bonds. The van der Waals surface area contributed by atoms with Gasteiger partial charge < -0.3 is 0 Å². The number of halogens is 1. The maximum atomic E-state index is 12.0. The molecule has 1 aliphatic heterocycles. The largest absolute Gasteiger partial charge is 0.296 e. The highest BCUT2D eigenvalue weighted by Crippen LogP contribution is 2.10. The third-order valence-electron chi connectivity index (χ3n) is 3.19. The van der Waals surface area contributed by atoms with Crippen LogP contribution in [0.3, 0.4) is 0 Å². The van der Waals surface area contributed by atoms with Crippen LogP contribution in [0.2, 0.25) is 0 Å². The van der Waals surface area contributed by atoms with Crippen LogP contribution < -0.4 is 0 Å². The van der Waals surface area contributed by atoms with Crippen molar-refractivity contribution >= 4 is 18.2 Å². The fourth-order valence-corrected chi connectivity index (χ4v) is 2.15. The van der Waals surface area contributed by atoms with Crippen molar-refractivity contribution in [2.45, 2.75) is 26.2 Å². The van der Waals surface area contributed by atoms with E-state index < -0.39 is 0 Å². The molecule has 94 valence electrons. The second-order valence-electron chi connectivity index (χ2n) is 4.63. The fourth-order valence-electron chi connectivity index (χ4n) is 2.15. The Morgan fingerprint density at radius 1 is 1.12 bits per heavy atom. The molecule has 0 bridgehead atoms. The van der Waals surface area contributed by atoms with E-state index in [1.54, 1.807) is 0 Å². The summed E-state index contributed by atoms with van der Waals surface area (Å²) in [4.78, 5) is 14.3. The number of aryl methyl sites for hydroxylation is 1. The van der Waals surface area contributed by atoms with Crippen molar-refractivity contribution in [2.75, 3.05) is 19.6 Å². The zero-order valence-electron chi connectivity index (χ0n) is 10.3. The van der Waals surface area contributed by atoms with Gasteiger partial charge in [0.25, 0.3) is 0 Å². The Morgan fingerprint density at radius 2 is 1.71 bits per heavy atom. The lowest BCUT2D eigenvalue weighted by molar-refractivity contribution is 0.0915. The maximum absolute atomic E-state index is 12.0. The summed E-state index contributed by atoms with van der Waals surface area (Å²) in [5.41, 5.74) is 2.05. The average Bonchev–Trinajstić information content (AvgIpc) is 2.31. The van der Waals surface area contributed by atoms with Gasteiger partial charge in [-0.2, -0.15) is 0 Å². The summed E-state index contributed by atoms with van der Waals surface area (Å²) < 4.78 is 0. The van der Waals surface area contributed by atoms with E-state index in [0.29, 0.717) is 6.54 Å². The van der Waals surface area contributed by atoms with Gasteiger partial charge in [-0.15, -0.1) is 12.4 Å². The van der Waals surface area contributed by atoms with Crippen molar-refractivity contribution in [1.29, 1.82) is 0 Å². The van der Waals surface area contributed by atoms with Gasteiger partial charge in [-0.3, -0.25) is 9.69 Å². The van der Waals surface area contributed by atoms with E-state index in [1.807, 2.05) is 31.2 Å². The van der Waals surface area contributed by atoms with Gasteiger partial charge in [0.1, 0.15) is 0 Å². The molecule has 1 aliphatic rings. The van der Waals surface area contributed by atoms with Crippen LogP contribution in [0.15, 0.2) is 24.3 Å². The van der Waals surface area contributed by atoms with Gasteiger partial charge in [0.2, 0.25) is 0 Å². The fraction of sp³-hybridized carbons (Fsp3) is 0.500. The Kier molecular flexibility index (Phi) is 5.66. The van der Waals surface area contributed by atoms with Crippen LogP contribution in [0.5, 0.6) is 0 Å². The molecule has 1 aromatic carbocycles. The average molecular weight is 254 g/mol. The third kappa shape index (κ3) is 4.14. The van der Waals surface area contributed by atoms with Crippen molar-refractivity contribution in [3.05, 3.63) is 35.4 Å². The van der Waals surface area contributed by atoms with Gasteiger partial charge in [0.05, 0.1) is 6.54 Å². The molecule has 1 fully saturated rings. The Morgan fingerprint density at radius 3 is 2.29 bits per heavy atom. The second-order valence-corrected chi connectivity index (χ2v) is 4.63. The number of nitrogens with zero attached hydrogens (tertiary/aromatic N) is 1. The minimum atomic E-state index is 0. The number of benzene rings is 1. The zero-order chi connectivity index (χ0) is 11.4. The summed E-state index contributed by atoms with van der Waals surface area (Å²) in [6.07, 6.45) is 3.79. The topological polar surface area (TPSA) is 20.3 Å². The number of hydrogen-bond acceptors (Lipinski definition) is 2. The molecule has 1 saturated heterocycles. The van der Waals surface area contributed by atoms with E-state index >= 15 is 0 Å². The van der Waals surface area contributed by atoms with Gasteiger partial charge in [-0.25, -0.2) is 0 Å². The summed E-state index contributed by atoms with van der Waals surface area (Å²) in [6.45, 7) is 4.79. The Balaban J connectivity index is 0.00000144. The number of piperidine rings is 1. The molecule has 0 aliphatic carbocycles. The van der Waals surface area contributed by atoms with Crippen LogP contribution in [0.1, 0.15) is 35.2 Å². The van der Waals surface area contributed by atoms with Crippen LogP contribution in [0.4, 0.5) is 0 Å². The highest BCUT2D eigenvalue weighted by Gasteiger charge is 2.14. The lowest BCUT2D eigenvalue weighted by Gasteiger charge is -2.25. The molecule has 0 aromatic heterocycles. The molecule has 2 rings (SSSR count). The molecule has 0 atom stereocenters. The molecule has 0 radical (unpaired) electrons. The minimum absolute atomic E-state index is 0. The molecule has 0 spiro atoms. The van der Waals surface area contributed by atoms with E-state index in [4.69, 9.17) is 0 Å². The van der Waals surface area contributed by atoms with Crippen molar-refractivity contribution in [3.8, 4) is 0 Å². The van der Waals surface area contributed by atoms with E-state index in [1.165, 1.54) is 24.8 Å². The normalized spacial score (nSPS) is 16.3. The summed E-state index contributed by atoms with van der Waals surface area (Å²) in [7, 11) is 0. The molecule has 3 heteroatoms. The second kappa shape index (κ2) is 6.77. The van der Waals surface area contributed by atoms with Crippen molar-refractivity contribution in [1.82, 2.24) is 4.90 Å². The molecule has 0 unspecified atom stereocenters. The molecular weight excluding hydrogens is 234 g/mol. The molecule has 2 nitrogen and oxygen atoms in total. The van der Waals surface area contributed by atoms with Crippen LogP contribution in [0.25, 0.3) is 0 Å². The lowest BCUT2D eigenvalue weighted by atomic mass is 10.1. The number of carbonyl (C=O) groups is 1. The molecule has 1 heterocycles. The monoisotopic (exact) mass is 253 g/mol. The number of Topliss-reactive ketones (excluding diaryl/α,β-unsaturated/α-hetero) is 1. The zero-order valence-corrected chi connectivity index (χ0v) is 11.1. The predicted molar refractivity (Wildman–Crippen MR) is 73.0 cm³/mol. The van der Waals surface area contributed by atoms with Crippen LogP contribution in [-0.2, 0) is 0 Å². The summed E-state index contributed by atoms with van der Waals surface area (Å²) in [5.74, 6) is 0.252. The van der Waals surface area contributed by atoms with Crippen LogP contribution in [-0.4, -0.2) is 30.3 Å². The highest BCUT2D eigenvalue weighted by molar-refractivity contribution is 5.97. The van der Waals surface area contributed by atoms with Crippen LogP contribution in [0, 0.1) is 6.92 Å². The molecule has 0 N–H and O–H groups in total. The van der Waals surface area contributed by atoms with Crippen molar-refractivity contribution in [2.24, 2.45) is 0 Å². The highest BCUT2D eigenvalue weighted by atomic mass is 35.5. The smallest absolute Gasteiger partial charge is 0.176 e. The predicted octanol–water partition coefficient (Wildman–Crippen LogP) is 3.09. The van der Waals surface area contributed by atoms with Gasteiger partial charge in [0.15, 0.2) is 5.78 Å². The molecular formula is C14H20ClNO. The first-order valence-electron chi connectivity index (χ1n) is 6.08. The van der Waals surface area contributed by atoms with Gasteiger partial charge in [-0.05, 0) is 32.9 Å². The first kappa shape index (κ1) is 14.2. The quantitative estimate of drug-likeness (QED) is 0.772.